The van der Waals surface area contributed by atoms with Crippen LogP contribution >= 0.6 is 0 Å². The van der Waals surface area contributed by atoms with E-state index in [9.17, 15) is 14.4 Å². The van der Waals surface area contributed by atoms with Crippen molar-refractivity contribution >= 4 is 17.6 Å². The Balaban J connectivity index is 1.59. The molecule has 1 heterocycles. The van der Waals surface area contributed by atoms with E-state index in [1.807, 2.05) is 60.7 Å². The van der Waals surface area contributed by atoms with Crippen molar-refractivity contribution in [2.24, 2.45) is 0 Å². The zero-order valence-corrected chi connectivity index (χ0v) is 17.1. The van der Waals surface area contributed by atoms with E-state index in [0.717, 1.165) is 18.4 Å². The Hall–Kier alpha value is -3.74. The molecule has 1 aliphatic carbocycles. The lowest BCUT2D eigenvalue weighted by Gasteiger charge is -2.18. The van der Waals surface area contributed by atoms with Crippen LogP contribution in [0.25, 0.3) is 11.3 Å². The first-order valence-electron chi connectivity index (χ1n) is 10.2. The normalized spacial score (nSPS) is 14.0. The van der Waals surface area contributed by atoms with Crippen molar-refractivity contribution in [1.29, 1.82) is 0 Å². The summed E-state index contributed by atoms with van der Waals surface area (Å²) in [5.74, 6) is -1.52. The monoisotopic (exact) mass is 417 g/mol. The van der Waals surface area contributed by atoms with Crippen molar-refractivity contribution in [3.63, 3.8) is 0 Å². The van der Waals surface area contributed by atoms with Gasteiger partial charge in [-0.15, -0.1) is 0 Å². The summed E-state index contributed by atoms with van der Waals surface area (Å²) in [4.78, 5) is 38.5. The van der Waals surface area contributed by atoms with Crippen molar-refractivity contribution in [2.45, 2.75) is 38.3 Å². The zero-order chi connectivity index (χ0) is 21.8. The molecule has 0 aliphatic heterocycles. The van der Waals surface area contributed by atoms with E-state index in [1.54, 1.807) is 6.92 Å². The second-order valence-corrected chi connectivity index (χ2v) is 7.67. The van der Waals surface area contributed by atoms with Gasteiger partial charge in [-0.2, -0.15) is 0 Å². The van der Waals surface area contributed by atoms with Crippen LogP contribution in [-0.2, 0) is 16.0 Å². The zero-order valence-electron chi connectivity index (χ0n) is 17.1. The van der Waals surface area contributed by atoms with Crippen molar-refractivity contribution in [3.05, 3.63) is 77.5 Å². The molecule has 1 saturated carbocycles. The lowest BCUT2D eigenvalue weighted by atomic mass is 10.0. The molecule has 1 aromatic heterocycles. The Morgan fingerprint density at radius 2 is 1.68 bits per heavy atom. The minimum atomic E-state index is -1.01. The van der Waals surface area contributed by atoms with Gasteiger partial charge < -0.3 is 15.2 Å². The van der Waals surface area contributed by atoms with Gasteiger partial charge in [0, 0.05) is 18.0 Å². The minimum Gasteiger partial charge on any atom is -0.355 e. The smallest absolute Gasteiger partial charge is 0.289 e. The van der Waals surface area contributed by atoms with Crippen LogP contribution in [0.5, 0.6) is 0 Å². The molecule has 1 atom stereocenters. The summed E-state index contributed by atoms with van der Waals surface area (Å²) in [7, 11) is 0. The molecular weight excluding hydrogens is 394 g/mol. The first kappa shape index (κ1) is 20.5. The molecule has 7 nitrogen and oxygen atoms in total. The average Bonchev–Trinajstić information content (AvgIpc) is 3.52. The van der Waals surface area contributed by atoms with Gasteiger partial charge in [-0.05, 0) is 25.3 Å². The van der Waals surface area contributed by atoms with Gasteiger partial charge in [-0.1, -0.05) is 65.8 Å². The van der Waals surface area contributed by atoms with Crippen LogP contribution < -0.4 is 10.6 Å². The van der Waals surface area contributed by atoms with Crippen LogP contribution in [0.15, 0.2) is 65.2 Å². The SMILES string of the molecule is Cc1noc(-c2ccccc2)c1C(=O)N[C@@H](Cc1ccccc1)C(=O)C(=O)NC1CC1. The molecule has 1 aliphatic rings. The Morgan fingerprint density at radius 3 is 2.32 bits per heavy atom. The van der Waals surface area contributed by atoms with Gasteiger partial charge in [0.15, 0.2) is 5.76 Å². The number of nitrogens with zero attached hydrogens (tertiary/aromatic N) is 1. The predicted octanol–water partition coefficient (Wildman–Crippen LogP) is 2.84. The summed E-state index contributed by atoms with van der Waals surface area (Å²) in [5, 5.41) is 9.38. The summed E-state index contributed by atoms with van der Waals surface area (Å²) >= 11 is 0. The fourth-order valence-electron chi connectivity index (χ4n) is 3.36. The molecule has 0 unspecified atom stereocenters. The van der Waals surface area contributed by atoms with Crippen LogP contribution in [0.3, 0.4) is 0 Å². The predicted molar refractivity (Wildman–Crippen MR) is 114 cm³/mol. The molecule has 3 aromatic rings. The first-order valence-corrected chi connectivity index (χ1v) is 10.2. The van der Waals surface area contributed by atoms with Crippen molar-refractivity contribution in [2.75, 3.05) is 0 Å². The summed E-state index contributed by atoms with van der Waals surface area (Å²) in [6.07, 6.45) is 1.94. The van der Waals surface area contributed by atoms with Gasteiger partial charge in [0.1, 0.15) is 11.6 Å². The third-order valence-corrected chi connectivity index (χ3v) is 5.17. The number of Topliss-reactive ketones (excluding diaryl/α,β-unsaturated/α-hetero) is 1. The number of rotatable bonds is 8. The van der Waals surface area contributed by atoms with Gasteiger partial charge in [-0.3, -0.25) is 14.4 Å². The van der Waals surface area contributed by atoms with E-state index < -0.39 is 23.6 Å². The molecule has 0 bridgehead atoms. The number of hydrogen-bond acceptors (Lipinski definition) is 5. The maximum Gasteiger partial charge on any atom is 0.289 e. The van der Waals surface area contributed by atoms with Gasteiger partial charge >= 0.3 is 0 Å². The number of amides is 2. The van der Waals surface area contributed by atoms with E-state index >= 15 is 0 Å². The molecule has 0 radical (unpaired) electrons. The van der Waals surface area contributed by atoms with Crippen molar-refractivity contribution < 1.29 is 18.9 Å². The fraction of sp³-hybridized carbons (Fsp3) is 0.250. The lowest BCUT2D eigenvalue weighted by Crippen LogP contribution is -2.49. The quantitative estimate of drug-likeness (QED) is 0.549. The Kier molecular flexibility index (Phi) is 5.93. The molecule has 0 saturated heterocycles. The van der Waals surface area contributed by atoms with Gasteiger partial charge in [0.25, 0.3) is 11.8 Å². The number of benzene rings is 2. The minimum absolute atomic E-state index is 0.0505. The maximum absolute atomic E-state index is 13.2. The number of aromatic nitrogens is 1. The molecule has 31 heavy (non-hydrogen) atoms. The number of carbonyl (C=O) groups excluding carboxylic acids is 3. The second-order valence-electron chi connectivity index (χ2n) is 7.67. The van der Waals surface area contributed by atoms with E-state index in [4.69, 9.17) is 4.52 Å². The lowest BCUT2D eigenvalue weighted by molar-refractivity contribution is -0.139. The van der Waals surface area contributed by atoms with Crippen LogP contribution in [0.2, 0.25) is 0 Å². The van der Waals surface area contributed by atoms with Crippen LogP contribution in [0.1, 0.15) is 34.5 Å². The topological polar surface area (TPSA) is 101 Å². The van der Waals surface area contributed by atoms with Gasteiger partial charge in [-0.25, -0.2) is 0 Å². The standard InChI is InChI=1S/C24H23N3O4/c1-15-20(22(31-27-15)17-10-6-3-7-11-17)23(29)26-19(14-16-8-4-2-5-9-16)21(28)24(30)25-18-12-13-18/h2-11,18-19H,12-14H2,1H3,(H,25,30)(H,26,29)/t19-/m0/s1. The number of aryl methyl sites for hydroxylation is 1. The summed E-state index contributed by atoms with van der Waals surface area (Å²) in [6.45, 7) is 1.67. The summed E-state index contributed by atoms with van der Waals surface area (Å²) in [6, 6.07) is 17.5. The molecule has 2 N–H and O–H groups in total. The van der Waals surface area contributed by atoms with Crippen molar-refractivity contribution in [1.82, 2.24) is 15.8 Å². The third-order valence-electron chi connectivity index (χ3n) is 5.17. The number of carbonyl (C=O) groups is 3. The van der Waals surface area contributed by atoms with E-state index in [1.165, 1.54) is 0 Å². The summed E-state index contributed by atoms with van der Waals surface area (Å²) < 4.78 is 5.40. The average molecular weight is 417 g/mol. The van der Waals surface area contributed by atoms with E-state index in [2.05, 4.69) is 15.8 Å². The molecular formula is C24H23N3O4. The molecule has 1 fully saturated rings. The highest BCUT2D eigenvalue weighted by atomic mass is 16.5. The highest BCUT2D eigenvalue weighted by molar-refractivity contribution is 6.38. The third kappa shape index (κ3) is 4.88. The number of ketones is 1. The Labute approximate surface area is 179 Å². The number of nitrogens with one attached hydrogen (secondary N) is 2. The van der Waals surface area contributed by atoms with E-state index in [-0.39, 0.29) is 18.0 Å². The van der Waals surface area contributed by atoms with Crippen LogP contribution in [-0.4, -0.2) is 34.8 Å². The first-order chi connectivity index (χ1) is 15.0. The molecule has 4 rings (SSSR count). The maximum atomic E-state index is 13.2. The van der Waals surface area contributed by atoms with Crippen LogP contribution in [0.4, 0.5) is 0 Å². The summed E-state index contributed by atoms with van der Waals surface area (Å²) in [5.41, 5.74) is 2.20. The highest BCUT2D eigenvalue weighted by Gasteiger charge is 2.33. The van der Waals surface area contributed by atoms with Gasteiger partial charge in [0.2, 0.25) is 5.78 Å². The Bertz CT molecular complexity index is 1090. The second kappa shape index (κ2) is 8.95. The molecule has 7 heteroatoms. The van der Waals surface area contributed by atoms with Gasteiger partial charge in [0.05, 0.1) is 5.69 Å². The highest BCUT2D eigenvalue weighted by Crippen LogP contribution is 2.26. The fourth-order valence-corrected chi connectivity index (χ4v) is 3.36. The number of hydrogen-bond donors (Lipinski definition) is 2. The van der Waals surface area contributed by atoms with Crippen molar-refractivity contribution in [3.8, 4) is 11.3 Å². The molecule has 158 valence electrons. The van der Waals surface area contributed by atoms with Crippen LogP contribution in [0, 0.1) is 6.92 Å². The molecule has 2 amide bonds. The molecule has 0 spiro atoms. The Morgan fingerprint density at radius 1 is 1.03 bits per heavy atom. The largest absolute Gasteiger partial charge is 0.355 e. The molecule has 2 aromatic carbocycles. The van der Waals surface area contributed by atoms with E-state index in [0.29, 0.717) is 17.0 Å².